The molecule has 2 aromatic carbocycles. The summed E-state index contributed by atoms with van der Waals surface area (Å²) in [4.78, 5) is 13.9. The summed E-state index contributed by atoms with van der Waals surface area (Å²) in [6, 6.07) is 14.9. The summed E-state index contributed by atoms with van der Waals surface area (Å²) in [5, 5.41) is 8.10. The number of nitrogen functional groups attached to an aromatic ring is 1. The maximum atomic E-state index is 7.34. The maximum Gasteiger partial charge on any atom is 0.0922 e. The number of nitrogens with two attached hydrogens (primary N) is 2. The molecule has 0 radical (unpaired) electrons. The van der Waals surface area contributed by atoms with E-state index in [0.717, 1.165) is 38.3 Å². The van der Waals surface area contributed by atoms with Gasteiger partial charge in [-0.3, -0.25) is 9.97 Å². The van der Waals surface area contributed by atoms with Crippen LogP contribution >= 0.6 is 24.2 Å². The minimum absolute atomic E-state index is 0.519. The Kier molecular flexibility index (Phi) is 7.00. The maximum absolute atomic E-state index is 7.34. The van der Waals surface area contributed by atoms with Crippen LogP contribution in [0.5, 0.6) is 0 Å². The lowest BCUT2D eigenvalue weighted by molar-refractivity contribution is 1.25. The van der Waals surface area contributed by atoms with E-state index in [1.165, 1.54) is 6.20 Å². The molecule has 0 saturated heterocycles. The van der Waals surface area contributed by atoms with Crippen molar-refractivity contribution in [2.75, 3.05) is 5.73 Å². The number of hydrogen-bond donors (Lipinski definition) is 4. The van der Waals surface area contributed by atoms with Crippen LogP contribution in [0.3, 0.4) is 0 Å². The second kappa shape index (κ2) is 9.87. The largest absolute Gasteiger partial charge is 0.404 e. The van der Waals surface area contributed by atoms with E-state index in [0.29, 0.717) is 17.0 Å². The van der Waals surface area contributed by atoms with Crippen LogP contribution in [0.15, 0.2) is 78.2 Å². The van der Waals surface area contributed by atoms with Crippen LogP contribution in [-0.4, -0.2) is 21.2 Å². The van der Waals surface area contributed by atoms with Crippen molar-refractivity contribution >= 4 is 52.7 Å². The summed E-state index contributed by atoms with van der Waals surface area (Å²) in [5.41, 5.74) is 16.3. The predicted octanol–water partition coefficient (Wildman–Crippen LogP) is 4.85. The molecule has 0 atom stereocenters. The number of nitrogens with zero attached hydrogens (tertiary/aromatic N) is 3. The fourth-order valence-electron chi connectivity index (χ4n) is 2.59. The van der Waals surface area contributed by atoms with Crippen molar-refractivity contribution in [2.45, 2.75) is 4.90 Å². The Morgan fingerprint density at radius 3 is 2.37 bits per heavy atom. The van der Waals surface area contributed by atoms with Gasteiger partial charge >= 0.3 is 0 Å². The Morgan fingerprint density at radius 1 is 0.967 bits per heavy atom. The highest BCUT2D eigenvalue weighted by Crippen LogP contribution is 2.24. The lowest BCUT2D eigenvalue weighted by atomic mass is 10.1. The van der Waals surface area contributed by atoms with Gasteiger partial charge in [0.25, 0.3) is 0 Å². The second-order valence-electron chi connectivity index (χ2n) is 6.21. The first kappa shape index (κ1) is 21.3. The van der Waals surface area contributed by atoms with Gasteiger partial charge in [0, 0.05) is 45.9 Å². The topological polar surface area (TPSA) is 115 Å². The molecule has 0 amide bonds. The number of benzene rings is 2. The van der Waals surface area contributed by atoms with Crippen LogP contribution in [0.25, 0.3) is 27.7 Å². The number of fused-ring (bicyclic) bond motifs is 1. The molecular weight excluding hydrogens is 416 g/mol. The van der Waals surface area contributed by atoms with Crippen molar-refractivity contribution in [1.29, 1.82) is 5.41 Å². The highest BCUT2D eigenvalue weighted by Gasteiger charge is 2.06. The van der Waals surface area contributed by atoms with Gasteiger partial charge in [0.1, 0.15) is 0 Å². The van der Waals surface area contributed by atoms with Gasteiger partial charge in [0.05, 0.1) is 28.6 Å². The minimum Gasteiger partial charge on any atom is -0.404 e. The molecule has 2 heterocycles. The molecular formula is C22H19ClN6S. The molecule has 150 valence electrons. The number of nitrogens with one attached hydrogen (secondary N) is 1. The highest BCUT2D eigenvalue weighted by molar-refractivity contribution is 7.80. The van der Waals surface area contributed by atoms with E-state index in [4.69, 9.17) is 28.5 Å². The number of pyridine rings is 1. The van der Waals surface area contributed by atoms with E-state index in [2.05, 4.69) is 27.6 Å². The molecule has 0 bridgehead atoms. The van der Waals surface area contributed by atoms with Crippen LogP contribution < -0.4 is 11.5 Å². The average molecular weight is 435 g/mol. The molecule has 2 aromatic heterocycles. The molecule has 4 rings (SSSR count). The zero-order valence-corrected chi connectivity index (χ0v) is 17.5. The average Bonchev–Trinajstić information content (AvgIpc) is 2.76. The first-order valence-electron chi connectivity index (χ1n) is 8.85. The standard InChI is InChI=1S/C16H14N6.C6H5ClS/c17-5-12(6-18)16-9-21-14-2-1-10(4-15(14)22-16)11-3-13(19)8-20-7-11;7-5-1-3-6(8)4-2-5/h1-9,17H,18-19H2;1-4,8H/b12-6+,17-5?;. The van der Waals surface area contributed by atoms with Gasteiger partial charge in [0.15, 0.2) is 0 Å². The molecule has 0 fully saturated rings. The fraction of sp³-hybridized carbons (Fsp3) is 0. The van der Waals surface area contributed by atoms with Crippen molar-refractivity contribution in [1.82, 2.24) is 15.0 Å². The molecule has 0 aliphatic carbocycles. The molecule has 0 unspecified atom stereocenters. The number of halogens is 1. The van der Waals surface area contributed by atoms with Crippen LogP contribution in [0, 0.1) is 5.41 Å². The van der Waals surface area contributed by atoms with E-state index in [9.17, 15) is 0 Å². The quantitative estimate of drug-likeness (QED) is 0.272. The molecule has 0 spiro atoms. The smallest absolute Gasteiger partial charge is 0.0922 e. The van der Waals surface area contributed by atoms with Crippen molar-refractivity contribution in [3.63, 3.8) is 0 Å². The van der Waals surface area contributed by atoms with Crippen molar-refractivity contribution < 1.29 is 0 Å². The van der Waals surface area contributed by atoms with Gasteiger partial charge in [-0.2, -0.15) is 0 Å². The number of hydrogen-bond acceptors (Lipinski definition) is 7. The minimum atomic E-state index is 0.519. The van der Waals surface area contributed by atoms with Gasteiger partial charge in [-0.25, -0.2) is 4.98 Å². The molecule has 5 N–H and O–H groups in total. The van der Waals surface area contributed by atoms with Gasteiger partial charge in [-0.1, -0.05) is 17.7 Å². The SMILES string of the molecule is N=C/C(=C\N)c1cnc2ccc(-c3cncc(N)c3)cc2n1.Sc1ccc(Cl)cc1. The van der Waals surface area contributed by atoms with E-state index < -0.39 is 0 Å². The van der Waals surface area contributed by atoms with Crippen molar-refractivity contribution in [3.8, 4) is 11.1 Å². The van der Waals surface area contributed by atoms with E-state index in [1.807, 2.05) is 48.5 Å². The summed E-state index contributed by atoms with van der Waals surface area (Å²) < 4.78 is 0. The first-order valence-corrected chi connectivity index (χ1v) is 9.67. The summed E-state index contributed by atoms with van der Waals surface area (Å²) in [6.07, 6.45) is 7.45. The monoisotopic (exact) mass is 434 g/mol. The summed E-state index contributed by atoms with van der Waals surface area (Å²) in [6.45, 7) is 0. The van der Waals surface area contributed by atoms with E-state index in [1.54, 1.807) is 18.6 Å². The van der Waals surface area contributed by atoms with Gasteiger partial charge in [-0.05, 0) is 48.0 Å². The third kappa shape index (κ3) is 5.34. The third-order valence-electron chi connectivity index (χ3n) is 4.09. The number of aromatic nitrogens is 3. The van der Waals surface area contributed by atoms with Gasteiger partial charge in [0.2, 0.25) is 0 Å². The van der Waals surface area contributed by atoms with Crippen molar-refractivity contribution in [2.24, 2.45) is 5.73 Å². The third-order valence-corrected chi connectivity index (χ3v) is 4.64. The summed E-state index contributed by atoms with van der Waals surface area (Å²) in [5.74, 6) is 0. The molecule has 30 heavy (non-hydrogen) atoms. The number of rotatable bonds is 3. The first-order chi connectivity index (χ1) is 14.5. The molecule has 0 aliphatic heterocycles. The predicted molar refractivity (Wildman–Crippen MR) is 127 cm³/mol. The summed E-state index contributed by atoms with van der Waals surface area (Å²) in [7, 11) is 0. The Balaban J connectivity index is 0.000000269. The lowest BCUT2D eigenvalue weighted by Crippen LogP contribution is -1.96. The van der Waals surface area contributed by atoms with Crippen molar-refractivity contribution in [3.05, 3.63) is 84.0 Å². The normalized spacial score (nSPS) is 10.9. The zero-order valence-electron chi connectivity index (χ0n) is 15.8. The molecule has 4 aromatic rings. The number of anilines is 1. The van der Waals surface area contributed by atoms with Gasteiger partial charge in [-0.15, -0.1) is 12.6 Å². The number of allylic oxidation sites excluding steroid dienone is 1. The van der Waals surface area contributed by atoms with Gasteiger partial charge < -0.3 is 16.9 Å². The molecule has 0 aliphatic rings. The molecule has 6 nitrogen and oxygen atoms in total. The zero-order chi connectivity index (χ0) is 21.5. The Bertz CT molecular complexity index is 1190. The highest BCUT2D eigenvalue weighted by atomic mass is 35.5. The Labute approximate surface area is 184 Å². The molecule has 0 saturated carbocycles. The van der Waals surface area contributed by atoms with Crippen LogP contribution in [0.4, 0.5) is 5.69 Å². The number of thiol groups is 1. The lowest BCUT2D eigenvalue weighted by Gasteiger charge is -2.06. The Hall–Kier alpha value is -3.42. The molecule has 8 heteroatoms. The summed E-state index contributed by atoms with van der Waals surface area (Å²) >= 11 is 9.65. The van der Waals surface area contributed by atoms with Crippen LogP contribution in [-0.2, 0) is 0 Å². The van der Waals surface area contributed by atoms with Crippen LogP contribution in [0.1, 0.15) is 5.69 Å². The Morgan fingerprint density at radius 2 is 1.73 bits per heavy atom. The van der Waals surface area contributed by atoms with E-state index >= 15 is 0 Å². The second-order valence-corrected chi connectivity index (χ2v) is 7.16. The fourth-order valence-corrected chi connectivity index (χ4v) is 2.87. The van der Waals surface area contributed by atoms with E-state index in [-0.39, 0.29) is 0 Å². The van der Waals surface area contributed by atoms with Crippen LogP contribution in [0.2, 0.25) is 5.02 Å².